The van der Waals surface area contributed by atoms with E-state index in [0.29, 0.717) is 0 Å². The molecule has 1 heterocycles. The molecule has 0 aliphatic rings. The maximum Gasteiger partial charge on any atom is 0.0271 e. The van der Waals surface area contributed by atoms with Gasteiger partial charge in [-0.15, -0.1) is 0 Å². The first-order valence-electron chi connectivity index (χ1n) is 5.56. The largest absolute Gasteiger partial charge is 0.298 e. The van der Waals surface area contributed by atoms with Crippen LogP contribution in [0.25, 0.3) is 0 Å². The molecule has 0 aliphatic heterocycles. The monoisotopic (exact) mass is 290 g/mol. The van der Waals surface area contributed by atoms with Crippen molar-refractivity contribution >= 4 is 15.9 Å². The summed E-state index contributed by atoms with van der Waals surface area (Å²) in [7, 11) is 2.13. The molecule has 2 nitrogen and oxygen atoms in total. The van der Waals surface area contributed by atoms with Gasteiger partial charge in [0.15, 0.2) is 0 Å². The van der Waals surface area contributed by atoms with Crippen LogP contribution in [0.3, 0.4) is 0 Å². The summed E-state index contributed by atoms with van der Waals surface area (Å²) >= 11 is 3.49. The Hall–Kier alpha value is -1.19. The lowest BCUT2D eigenvalue weighted by molar-refractivity contribution is 0.319. The molecule has 0 bridgehead atoms. The number of pyridine rings is 1. The van der Waals surface area contributed by atoms with Gasteiger partial charge in [0.05, 0.1) is 0 Å². The summed E-state index contributed by atoms with van der Waals surface area (Å²) in [4.78, 5) is 6.31. The predicted molar refractivity (Wildman–Crippen MR) is 73.6 cm³/mol. The molecule has 17 heavy (non-hydrogen) atoms. The zero-order chi connectivity index (χ0) is 12.1. The number of aromatic nitrogens is 1. The van der Waals surface area contributed by atoms with Crippen LogP contribution in [0.5, 0.6) is 0 Å². The maximum absolute atomic E-state index is 4.02. The van der Waals surface area contributed by atoms with Gasteiger partial charge in [-0.1, -0.05) is 28.1 Å². The molecule has 0 saturated heterocycles. The lowest BCUT2D eigenvalue weighted by atomic mass is 10.2. The van der Waals surface area contributed by atoms with E-state index < -0.39 is 0 Å². The highest BCUT2D eigenvalue weighted by molar-refractivity contribution is 9.10. The number of hydrogen-bond donors (Lipinski definition) is 0. The third-order valence-electron chi connectivity index (χ3n) is 2.54. The number of hydrogen-bond acceptors (Lipinski definition) is 2. The molecule has 0 spiro atoms. The van der Waals surface area contributed by atoms with Crippen LogP contribution in [0.2, 0.25) is 0 Å². The number of benzene rings is 1. The fourth-order valence-electron chi connectivity index (χ4n) is 1.80. The van der Waals surface area contributed by atoms with E-state index in [9.17, 15) is 0 Å². The van der Waals surface area contributed by atoms with Crippen LogP contribution in [0, 0.1) is 0 Å². The summed E-state index contributed by atoms with van der Waals surface area (Å²) in [6, 6.07) is 12.5. The normalized spacial score (nSPS) is 10.8. The molecule has 2 rings (SSSR count). The van der Waals surface area contributed by atoms with Gasteiger partial charge in [-0.3, -0.25) is 9.88 Å². The molecule has 0 N–H and O–H groups in total. The number of halogens is 1. The minimum atomic E-state index is 0.940. The Morgan fingerprint density at radius 3 is 2.47 bits per heavy atom. The van der Waals surface area contributed by atoms with E-state index in [1.807, 2.05) is 18.5 Å². The average Bonchev–Trinajstić information content (AvgIpc) is 2.30. The molecule has 0 aliphatic carbocycles. The molecule has 88 valence electrons. The van der Waals surface area contributed by atoms with E-state index in [-0.39, 0.29) is 0 Å². The minimum absolute atomic E-state index is 0.940. The highest BCUT2D eigenvalue weighted by Gasteiger charge is 2.01. The molecule has 0 radical (unpaired) electrons. The fourth-order valence-corrected chi connectivity index (χ4v) is 2.25. The zero-order valence-corrected chi connectivity index (χ0v) is 11.4. The smallest absolute Gasteiger partial charge is 0.0271 e. The summed E-state index contributed by atoms with van der Waals surface area (Å²) in [5.74, 6) is 0. The Balaban J connectivity index is 1.96. The topological polar surface area (TPSA) is 16.1 Å². The molecular formula is C14H15BrN2. The van der Waals surface area contributed by atoms with Gasteiger partial charge in [0, 0.05) is 30.0 Å². The van der Waals surface area contributed by atoms with Gasteiger partial charge >= 0.3 is 0 Å². The van der Waals surface area contributed by atoms with Gasteiger partial charge < -0.3 is 0 Å². The van der Waals surface area contributed by atoms with E-state index in [1.54, 1.807) is 0 Å². The molecule has 0 saturated carbocycles. The van der Waals surface area contributed by atoms with Crippen LogP contribution in [-0.2, 0) is 13.1 Å². The molecular weight excluding hydrogens is 276 g/mol. The summed E-state index contributed by atoms with van der Waals surface area (Å²) in [5.41, 5.74) is 2.61. The van der Waals surface area contributed by atoms with Crippen LogP contribution < -0.4 is 0 Å². The Morgan fingerprint density at radius 1 is 1.06 bits per heavy atom. The number of rotatable bonds is 4. The highest BCUT2D eigenvalue weighted by atomic mass is 79.9. The molecule has 0 amide bonds. The van der Waals surface area contributed by atoms with Crippen LogP contribution in [-0.4, -0.2) is 16.9 Å². The zero-order valence-electron chi connectivity index (χ0n) is 9.81. The molecule has 2 aromatic rings. The minimum Gasteiger partial charge on any atom is -0.298 e. The second-order valence-electron chi connectivity index (χ2n) is 4.16. The Bertz CT molecular complexity index is 471. The fraction of sp³-hybridized carbons (Fsp3) is 0.214. The molecule has 1 aromatic heterocycles. The Morgan fingerprint density at radius 2 is 1.76 bits per heavy atom. The van der Waals surface area contributed by atoms with Gasteiger partial charge in [-0.05, 0) is 42.4 Å². The average molecular weight is 291 g/mol. The second kappa shape index (κ2) is 5.94. The van der Waals surface area contributed by atoms with Gasteiger partial charge in [-0.25, -0.2) is 0 Å². The second-order valence-corrected chi connectivity index (χ2v) is 5.07. The van der Waals surface area contributed by atoms with Gasteiger partial charge in [-0.2, -0.15) is 0 Å². The lowest BCUT2D eigenvalue weighted by Crippen LogP contribution is -2.17. The van der Waals surface area contributed by atoms with Crippen LogP contribution in [0.1, 0.15) is 11.1 Å². The van der Waals surface area contributed by atoms with Crippen molar-refractivity contribution in [1.82, 2.24) is 9.88 Å². The Kier molecular flexibility index (Phi) is 4.29. The first-order chi connectivity index (χ1) is 8.24. The van der Waals surface area contributed by atoms with Gasteiger partial charge in [0.25, 0.3) is 0 Å². The molecule has 0 unspecified atom stereocenters. The highest BCUT2D eigenvalue weighted by Crippen LogP contribution is 2.13. The van der Waals surface area contributed by atoms with Crippen molar-refractivity contribution in [2.45, 2.75) is 13.1 Å². The summed E-state index contributed by atoms with van der Waals surface area (Å²) in [6.45, 7) is 1.89. The molecule has 0 atom stereocenters. The van der Waals surface area contributed by atoms with Crippen molar-refractivity contribution in [3.05, 3.63) is 64.4 Å². The van der Waals surface area contributed by atoms with E-state index in [2.05, 4.69) is 63.2 Å². The summed E-state index contributed by atoms with van der Waals surface area (Å²) in [6.07, 6.45) is 3.67. The third kappa shape index (κ3) is 3.95. The summed E-state index contributed by atoms with van der Waals surface area (Å²) < 4.78 is 1.13. The third-order valence-corrected chi connectivity index (χ3v) is 3.04. The number of nitrogens with zero attached hydrogens (tertiary/aromatic N) is 2. The van der Waals surface area contributed by atoms with Crippen LogP contribution in [0.15, 0.2) is 53.3 Å². The van der Waals surface area contributed by atoms with Gasteiger partial charge in [0.1, 0.15) is 0 Å². The lowest BCUT2D eigenvalue weighted by Gasteiger charge is -2.16. The van der Waals surface area contributed by atoms with Crippen molar-refractivity contribution in [2.24, 2.45) is 0 Å². The molecule has 0 fully saturated rings. The maximum atomic E-state index is 4.02. The predicted octanol–water partition coefficient (Wildman–Crippen LogP) is 3.48. The van der Waals surface area contributed by atoms with Gasteiger partial charge in [0.2, 0.25) is 0 Å². The van der Waals surface area contributed by atoms with E-state index >= 15 is 0 Å². The standard InChI is InChI=1S/C14H15BrN2/c1-17(10-12-5-7-16-8-6-12)11-13-3-2-4-14(15)9-13/h2-9H,10-11H2,1H3. The Labute approximate surface area is 110 Å². The first kappa shape index (κ1) is 12.3. The van der Waals surface area contributed by atoms with Crippen molar-refractivity contribution in [3.63, 3.8) is 0 Å². The van der Waals surface area contributed by atoms with Crippen molar-refractivity contribution in [3.8, 4) is 0 Å². The van der Waals surface area contributed by atoms with Crippen LogP contribution in [0.4, 0.5) is 0 Å². The first-order valence-corrected chi connectivity index (χ1v) is 6.35. The van der Waals surface area contributed by atoms with Crippen molar-refractivity contribution in [2.75, 3.05) is 7.05 Å². The summed E-state index contributed by atoms with van der Waals surface area (Å²) in [5, 5.41) is 0. The van der Waals surface area contributed by atoms with E-state index in [4.69, 9.17) is 0 Å². The van der Waals surface area contributed by atoms with Crippen LogP contribution >= 0.6 is 15.9 Å². The molecule has 1 aromatic carbocycles. The van der Waals surface area contributed by atoms with E-state index in [1.165, 1.54) is 11.1 Å². The SMILES string of the molecule is CN(Cc1ccncc1)Cc1cccc(Br)c1. The quantitative estimate of drug-likeness (QED) is 0.857. The van der Waals surface area contributed by atoms with Crippen molar-refractivity contribution < 1.29 is 0 Å². The van der Waals surface area contributed by atoms with E-state index in [0.717, 1.165) is 17.6 Å². The molecule has 3 heteroatoms. The van der Waals surface area contributed by atoms with Crippen molar-refractivity contribution in [1.29, 1.82) is 0 Å².